The van der Waals surface area contributed by atoms with Crippen LogP contribution in [0.2, 0.25) is 0 Å². The summed E-state index contributed by atoms with van der Waals surface area (Å²) in [5.41, 5.74) is 4.13. The van der Waals surface area contributed by atoms with Crippen LogP contribution in [-0.4, -0.2) is 45.4 Å². The fraction of sp³-hybridized carbons (Fsp3) is 0.417. The van der Waals surface area contributed by atoms with Gasteiger partial charge in [-0.3, -0.25) is 4.90 Å². The van der Waals surface area contributed by atoms with E-state index in [1.165, 1.54) is 16.7 Å². The third-order valence-corrected chi connectivity index (χ3v) is 6.02. The van der Waals surface area contributed by atoms with Crippen molar-refractivity contribution in [1.29, 1.82) is 0 Å². The highest BCUT2D eigenvalue weighted by Gasteiger charge is 2.41. The van der Waals surface area contributed by atoms with E-state index in [2.05, 4.69) is 59.5 Å². The van der Waals surface area contributed by atoms with E-state index in [-0.39, 0.29) is 5.41 Å². The fourth-order valence-corrected chi connectivity index (χ4v) is 4.58. The zero-order valence-electron chi connectivity index (χ0n) is 16.8. The molecule has 1 fully saturated rings. The summed E-state index contributed by atoms with van der Waals surface area (Å²) in [5, 5.41) is 0. The van der Waals surface area contributed by atoms with Gasteiger partial charge in [-0.25, -0.2) is 0 Å². The van der Waals surface area contributed by atoms with Gasteiger partial charge < -0.3 is 14.2 Å². The summed E-state index contributed by atoms with van der Waals surface area (Å²) in [4.78, 5) is 2.54. The number of benzene rings is 2. The number of fused-ring (bicyclic) bond motifs is 2. The molecule has 0 atom stereocenters. The monoisotopic (exact) mass is 379 g/mol. The molecule has 148 valence electrons. The van der Waals surface area contributed by atoms with Gasteiger partial charge in [0.2, 0.25) is 0 Å². The summed E-state index contributed by atoms with van der Waals surface area (Å²) in [6.45, 7) is 4.56. The van der Waals surface area contributed by atoms with E-state index >= 15 is 0 Å². The minimum atomic E-state index is 0.131. The molecule has 4 heteroatoms. The molecule has 2 aromatic carbocycles. The SMILES string of the molecule is COc1cc2c(cc1OC)C1(CCOCC1)CN(CC=Cc1ccccc1)C2. The lowest BCUT2D eigenvalue weighted by molar-refractivity contribution is 0.0278. The number of nitrogens with zero attached hydrogens (tertiary/aromatic N) is 1. The van der Waals surface area contributed by atoms with Crippen LogP contribution in [0.3, 0.4) is 0 Å². The van der Waals surface area contributed by atoms with E-state index in [1.54, 1.807) is 14.2 Å². The third kappa shape index (κ3) is 3.80. The molecule has 0 aromatic heterocycles. The fourth-order valence-electron chi connectivity index (χ4n) is 4.58. The van der Waals surface area contributed by atoms with Crippen molar-refractivity contribution in [2.75, 3.05) is 40.5 Å². The van der Waals surface area contributed by atoms with Gasteiger partial charge >= 0.3 is 0 Å². The minimum absolute atomic E-state index is 0.131. The standard InChI is InChI=1S/C24H29NO3/c1-26-22-15-20-17-25(12-6-9-19-7-4-3-5-8-19)18-24(10-13-28-14-11-24)21(20)16-23(22)27-2/h3-9,15-16H,10-14,17-18H2,1-2H3. The van der Waals surface area contributed by atoms with Crippen LogP contribution in [0, 0.1) is 0 Å². The molecule has 0 unspecified atom stereocenters. The number of ether oxygens (including phenoxy) is 3. The minimum Gasteiger partial charge on any atom is -0.493 e. The quantitative estimate of drug-likeness (QED) is 0.776. The Balaban J connectivity index is 1.61. The lowest BCUT2D eigenvalue weighted by atomic mass is 9.70. The Bertz CT molecular complexity index is 825. The van der Waals surface area contributed by atoms with Gasteiger partial charge in [0.15, 0.2) is 11.5 Å². The first-order valence-electron chi connectivity index (χ1n) is 10.0. The maximum atomic E-state index is 5.70. The van der Waals surface area contributed by atoms with Crippen LogP contribution >= 0.6 is 0 Å². The molecule has 2 heterocycles. The molecular formula is C24H29NO3. The van der Waals surface area contributed by atoms with Gasteiger partial charge in [0.25, 0.3) is 0 Å². The molecule has 0 bridgehead atoms. The summed E-state index contributed by atoms with van der Waals surface area (Å²) in [6.07, 6.45) is 6.58. The lowest BCUT2D eigenvalue weighted by Gasteiger charge is -2.46. The molecule has 0 amide bonds. The molecule has 0 aliphatic carbocycles. The molecule has 2 aliphatic rings. The van der Waals surface area contributed by atoms with Crippen molar-refractivity contribution in [2.45, 2.75) is 24.8 Å². The van der Waals surface area contributed by atoms with E-state index in [0.29, 0.717) is 0 Å². The first-order chi connectivity index (χ1) is 13.7. The maximum Gasteiger partial charge on any atom is 0.161 e. The molecule has 0 radical (unpaired) electrons. The predicted molar refractivity (Wildman–Crippen MR) is 112 cm³/mol. The van der Waals surface area contributed by atoms with E-state index in [9.17, 15) is 0 Å². The Morgan fingerprint density at radius 3 is 2.46 bits per heavy atom. The summed E-state index contributed by atoms with van der Waals surface area (Å²) in [7, 11) is 3.42. The van der Waals surface area contributed by atoms with Gasteiger partial charge in [-0.05, 0) is 41.7 Å². The predicted octanol–water partition coefficient (Wildman–Crippen LogP) is 4.28. The van der Waals surface area contributed by atoms with Crippen LogP contribution in [0.1, 0.15) is 29.5 Å². The summed E-state index contributed by atoms with van der Waals surface area (Å²) in [5.74, 6) is 1.63. The highest BCUT2D eigenvalue weighted by molar-refractivity contribution is 5.52. The molecule has 4 nitrogen and oxygen atoms in total. The first kappa shape index (κ1) is 19.0. The van der Waals surface area contributed by atoms with Crippen molar-refractivity contribution < 1.29 is 14.2 Å². The number of hydrogen-bond acceptors (Lipinski definition) is 4. The van der Waals surface area contributed by atoms with Crippen LogP contribution in [0.25, 0.3) is 6.08 Å². The number of hydrogen-bond donors (Lipinski definition) is 0. The molecule has 2 aromatic rings. The van der Waals surface area contributed by atoms with E-state index in [4.69, 9.17) is 14.2 Å². The van der Waals surface area contributed by atoms with Crippen molar-refractivity contribution in [2.24, 2.45) is 0 Å². The van der Waals surface area contributed by atoms with Gasteiger partial charge in [0.1, 0.15) is 0 Å². The van der Waals surface area contributed by atoms with Crippen LogP contribution in [-0.2, 0) is 16.7 Å². The van der Waals surface area contributed by atoms with Gasteiger partial charge in [-0.2, -0.15) is 0 Å². The molecule has 2 aliphatic heterocycles. The molecule has 28 heavy (non-hydrogen) atoms. The van der Waals surface area contributed by atoms with Crippen molar-refractivity contribution in [1.82, 2.24) is 4.90 Å². The largest absolute Gasteiger partial charge is 0.493 e. The third-order valence-electron chi connectivity index (χ3n) is 6.02. The van der Waals surface area contributed by atoms with Crippen LogP contribution < -0.4 is 9.47 Å². The Morgan fingerprint density at radius 1 is 1.04 bits per heavy atom. The van der Waals surface area contributed by atoms with Crippen LogP contribution in [0.15, 0.2) is 48.5 Å². The molecule has 1 spiro atoms. The average molecular weight is 380 g/mol. The van der Waals surface area contributed by atoms with E-state index in [0.717, 1.165) is 57.2 Å². The van der Waals surface area contributed by atoms with Gasteiger partial charge in [-0.15, -0.1) is 0 Å². The second-order valence-electron chi connectivity index (χ2n) is 7.74. The van der Waals surface area contributed by atoms with Gasteiger partial charge in [-0.1, -0.05) is 42.5 Å². The van der Waals surface area contributed by atoms with Gasteiger partial charge in [0.05, 0.1) is 14.2 Å². The van der Waals surface area contributed by atoms with Crippen molar-refractivity contribution in [3.63, 3.8) is 0 Å². The summed E-state index contributed by atoms with van der Waals surface area (Å²) >= 11 is 0. The average Bonchev–Trinajstić information content (AvgIpc) is 2.74. The maximum absolute atomic E-state index is 5.70. The molecule has 4 rings (SSSR count). The van der Waals surface area contributed by atoms with Crippen molar-refractivity contribution in [3.8, 4) is 11.5 Å². The second kappa shape index (κ2) is 8.38. The zero-order chi connectivity index (χ0) is 19.4. The Hall–Kier alpha value is -2.30. The molecule has 0 saturated carbocycles. The van der Waals surface area contributed by atoms with E-state index in [1.807, 2.05) is 0 Å². The van der Waals surface area contributed by atoms with Crippen LogP contribution in [0.5, 0.6) is 11.5 Å². The summed E-state index contributed by atoms with van der Waals surface area (Å²) in [6, 6.07) is 14.9. The lowest BCUT2D eigenvalue weighted by Crippen LogP contribution is -2.48. The van der Waals surface area contributed by atoms with E-state index < -0.39 is 0 Å². The number of rotatable bonds is 5. The zero-order valence-corrected chi connectivity index (χ0v) is 16.8. The normalized spacial score (nSPS) is 18.9. The smallest absolute Gasteiger partial charge is 0.161 e. The number of methoxy groups -OCH3 is 2. The van der Waals surface area contributed by atoms with Crippen LogP contribution in [0.4, 0.5) is 0 Å². The Labute approximate surface area is 167 Å². The highest BCUT2D eigenvalue weighted by Crippen LogP contribution is 2.45. The molecular weight excluding hydrogens is 350 g/mol. The molecule has 0 N–H and O–H groups in total. The van der Waals surface area contributed by atoms with Crippen molar-refractivity contribution >= 4 is 6.08 Å². The first-order valence-corrected chi connectivity index (χ1v) is 10.0. The topological polar surface area (TPSA) is 30.9 Å². The van der Waals surface area contributed by atoms with Crippen molar-refractivity contribution in [3.05, 3.63) is 65.2 Å². The van der Waals surface area contributed by atoms with Gasteiger partial charge in [0, 0.05) is 38.3 Å². The Kier molecular flexibility index (Phi) is 5.69. The summed E-state index contributed by atoms with van der Waals surface area (Å²) < 4.78 is 16.9. The second-order valence-corrected chi connectivity index (χ2v) is 7.74. The Morgan fingerprint density at radius 2 is 1.75 bits per heavy atom. The molecule has 1 saturated heterocycles. The highest BCUT2D eigenvalue weighted by atomic mass is 16.5.